The Morgan fingerprint density at radius 3 is 2.73 bits per heavy atom. The van der Waals surface area contributed by atoms with Crippen LogP contribution in [0.1, 0.15) is 5.56 Å². The average molecular weight is 419 g/mol. The van der Waals surface area contributed by atoms with E-state index in [0.717, 1.165) is 33.1 Å². The van der Waals surface area contributed by atoms with E-state index < -0.39 is 0 Å². The third-order valence-corrected chi connectivity index (χ3v) is 5.57. The molecule has 4 aromatic rings. The molecule has 152 valence electrons. The number of hydrogen-bond acceptors (Lipinski definition) is 5. The first-order valence-electron chi connectivity index (χ1n) is 9.64. The molecule has 3 aromatic heterocycles. The summed E-state index contributed by atoms with van der Waals surface area (Å²) in [6.07, 6.45) is 3.89. The van der Waals surface area contributed by atoms with Gasteiger partial charge in [0.25, 0.3) is 0 Å². The Kier molecular flexibility index (Phi) is 6.20. The van der Waals surface area contributed by atoms with Gasteiger partial charge in [0.1, 0.15) is 5.75 Å². The van der Waals surface area contributed by atoms with Crippen LogP contribution in [-0.2, 0) is 17.8 Å². The fourth-order valence-corrected chi connectivity index (χ4v) is 3.90. The summed E-state index contributed by atoms with van der Waals surface area (Å²) in [5.74, 6) is 0.765. The molecular formula is C23H22N4O2S. The van der Waals surface area contributed by atoms with Gasteiger partial charge < -0.3 is 10.1 Å². The highest BCUT2D eigenvalue weighted by molar-refractivity contribution is 7.13. The number of aromatic nitrogens is 3. The Balaban J connectivity index is 1.42. The van der Waals surface area contributed by atoms with Gasteiger partial charge in [0.05, 0.1) is 36.3 Å². The van der Waals surface area contributed by atoms with E-state index in [9.17, 15) is 4.79 Å². The number of carbonyl (C=O) groups is 1. The summed E-state index contributed by atoms with van der Waals surface area (Å²) < 4.78 is 7.10. The molecule has 0 spiro atoms. The first-order chi connectivity index (χ1) is 14.7. The van der Waals surface area contributed by atoms with Crippen molar-refractivity contribution >= 4 is 17.2 Å². The minimum Gasteiger partial charge on any atom is -0.497 e. The number of ether oxygens (including phenoxy) is 1. The third kappa shape index (κ3) is 4.75. The minimum absolute atomic E-state index is 0.0162. The van der Waals surface area contributed by atoms with E-state index in [1.54, 1.807) is 24.6 Å². The van der Waals surface area contributed by atoms with Gasteiger partial charge in [-0.15, -0.1) is 11.3 Å². The summed E-state index contributed by atoms with van der Waals surface area (Å²) >= 11 is 1.67. The second-order valence-corrected chi connectivity index (χ2v) is 7.68. The molecule has 1 aromatic carbocycles. The fraction of sp³-hybridized carbons (Fsp3) is 0.174. The standard InChI is InChI=1S/C23H22N4O2S/c1-29-19-8-6-17(7-9-19)14-23(28)25-11-12-27-21(22-5-3-13-30-22)15-20(26-27)18-4-2-10-24-16-18/h2-10,13,15-16H,11-12,14H2,1H3,(H,25,28). The van der Waals surface area contributed by atoms with Gasteiger partial charge in [0.15, 0.2) is 0 Å². The molecule has 0 aliphatic heterocycles. The molecule has 0 aliphatic carbocycles. The van der Waals surface area contributed by atoms with E-state index >= 15 is 0 Å². The lowest BCUT2D eigenvalue weighted by molar-refractivity contribution is -0.120. The van der Waals surface area contributed by atoms with E-state index in [2.05, 4.69) is 22.4 Å². The summed E-state index contributed by atoms with van der Waals surface area (Å²) in [6, 6.07) is 17.6. The van der Waals surface area contributed by atoms with Crippen LogP contribution in [-0.4, -0.2) is 34.3 Å². The maximum Gasteiger partial charge on any atom is 0.224 e. The van der Waals surface area contributed by atoms with Crippen molar-refractivity contribution in [2.45, 2.75) is 13.0 Å². The number of benzene rings is 1. The van der Waals surface area contributed by atoms with Crippen LogP contribution in [0.15, 0.2) is 72.4 Å². The first-order valence-corrected chi connectivity index (χ1v) is 10.5. The summed E-state index contributed by atoms with van der Waals surface area (Å²) in [6.45, 7) is 1.09. The summed E-state index contributed by atoms with van der Waals surface area (Å²) in [5.41, 5.74) is 3.83. The highest BCUT2D eigenvalue weighted by Gasteiger charge is 2.13. The Bertz CT molecular complexity index is 1090. The number of thiophene rings is 1. The predicted molar refractivity (Wildman–Crippen MR) is 118 cm³/mol. The van der Waals surface area contributed by atoms with Gasteiger partial charge in [-0.05, 0) is 47.3 Å². The first kappa shape index (κ1) is 19.8. The van der Waals surface area contributed by atoms with E-state index in [1.807, 2.05) is 58.7 Å². The van der Waals surface area contributed by atoms with Crippen LogP contribution in [0, 0.1) is 0 Å². The van der Waals surface area contributed by atoms with E-state index in [0.29, 0.717) is 19.5 Å². The van der Waals surface area contributed by atoms with Gasteiger partial charge >= 0.3 is 0 Å². The van der Waals surface area contributed by atoms with Crippen LogP contribution in [0.4, 0.5) is 0 Å². The normalized spacial score (nSPS) is 10.7. The SMILES string of the molecule is COc1ccc(CC(=O)NCCn2nc(-c3cccnc3)cc2-c2cccs2)cc1. The molecule has 0 radical (unpaired) electrons. The summed E-state index contributed by atoms with van der Waals surface area (Å²) in [4.78, 5) is 17.6. The maximum atomic E-state index is 12.3. The van der Waals surface area contributed by atoms with Crippen molar-refractivity contribution in [1.29, 1.82) is 0 Å². The molecule has 3 heterocycles. The van der Waals surface area contributed by atoms with E-state index in [1.165, 1.54) is 0 Å². The lowest BCUT2D eigenvalue weighted by Gasteiger charge is -2.08. The molecule has 1 N–H and O–H groups in total. The molecular weight excluding hydrogens is 396 g/mol. The number of amides is 1. The number of methoxy groups -OCH3 is 1. The van der Waals surface area contributed by atoms with Crippen molar-refractivity contribution in [1.82, 2.24) is 20.1 Å². The van der Waals surface area contributed by atoms with Crippen LogP contribution in [0.25, 0.3) is 21.8 Å². The molecule has 7 heteroatoms. The van der Waals surface area contributed by atoms with Crippen LogP contribution >= 0.6 is 11.3 Å². The Hall–Kier alpha value is -3.45. The van der Waals surface area contributed by atoms with E-state index in [-0.39, 0.29) is 5.91 Å². The van der Waals surface area contributed by atoms with Crippen molar-refractivity contribution in [3.63, 3.8) is 0 Å². The van der Waals surface area contributed by atoms with Crippen LogP contribution < -0.4 is 10.1 Å². The number of nitrogens with zero attached hydrogens (tertiary/aromatic N) is 3. The lowest BCUT2D eigenvalue weighted by atomic mass is 10.1. The third-order valence-electron chi connectivity index (χ3n) is 4.68. The summed E-state index contributed by atoms with van der Waals surface area (Å²) in [5, 5.41) is 9.79. The Morgan fingerprint density at radius 2 is 2.03 bits per heavy atom. The smallest absolute Gasteiger partial charge is 0.224 e. The zero-order chi connectivity index (χ0) is 20.8. The second kappa shape index (κ2) is 9.37. The quantitative estimate of drug-likeness (QED) is 0.469. The monoisotopic (exact) mass is 418 g/mol. The van der Waals surface area contributed by atoms with Gasteiger partial charge in [-0.25, -0.2) is 0 Å². The lowest BCUT2D eigenvalue weighted by Crippen LogP contribution is -2.29. The Morgan fingerprint density at radius 1 is 1.17 bits per heavy atom. The van der Waals surface area contributed by atoms with Crippen molar-refractivity contribution in [3.05, 3.63) is 77.9 Å². The Labute approximate surface area is 179 Å². The predicted octanol–water partition coefficient (Wildman–Crippen LogP) is 4.04. The van der Waals surface area contributed by atoms with Crippen LogP contribution in [0.3, 0.4) is 0 Å². The fourth-order valence-electron chi connectivity index (χ4n) is 3.16. The zero-order valence-electron chi connectivity index (χ0n) is 16.6. The number of pyridine rings is 1. The van der Waals surface area contributed by atoms with Crippen molar-refractivity contribution in [2.75, 3.05) is 13.7 Å². The molecule has 0 bridgehead atoms. The van der Waals surface area contributed by atoms with Gasteiger partial charge in [-0.3, -0.25) is 14.5 Å². The van der Waals surface area contributed by atoms with Crippen LogP contribution in [0.2, 0.25) is 0 Å². The van der Waals surface area contributed by atoms with Crippen molar-refractivity contribution in [3.8, 4) is 27.6 Å². The topological polar surface area (TPSA) is 69.0 Å². The van der Waals surface area contributed by atoms with Crippen molar-refractivity contribution in [2.24, 2.45) is 0 Å². The molecule has 6 nitrogen and oxygen atoms in total. The molecule has 30 heavy (non-hydrogen) atoms. The highest BCUT2D eigenvalue weighted by atomic mass is 32.1. The summed E-state index contributed by atoms with van der Waals surface area (Å²) in [7, 11) is 1.63. The number of nitrogens with one attached hydrogen (secondary N) is 1. The van der Waals surface area contributed by atoms with Gasteiger partial charge in [0, 0.05) is 24.5 Å². The molecule has 0 saturated heterocycles. The van der Waals surface area contributed by atoms with Crippen molar-refractivity contribution < 1.29 is 9.53 Å². The maximum absolute atomic E-state index is 12.3. The van der Waals surface area contributed by atoms with Crippen LogP contribution in [0.5, 0.6) is 5.75 Å². The minimum atomic E-state index is -0.0162. The molecule has 0 fully saturated rings. The average Bonchev–Trinajstić information content (AvgIpc) is 3.45. The molecule has 1 amide bonds. The van der Waals surface area contributed by atoms with Gasteiger partial charge in [-0.2, -0.15) is 5.10 Å². The van der Waals surface area contributed by atoms with Gasteiger partial charge in [0.2, 0.25) is 5.91 Å². The largest absolute Gasteiger partial charge is 0.497 e. The molecule has 4 rings (SSSR count). The number of rotatable bonds is 8. The zero-order valence-corrected chi connectivity index (χ0v) is 17.4. The molecule has 0 atom stereocenters. The molecule has 0 aliphatic rings. The molecule has 0 unspecified atom stereocenters. The number of carbonyl (C=O) groups excluding carboxylic acids is 1. The number of hydrogen-bond donors (Lipinski definition) is 1. The van der Waals surface area contributed by atoms with Gasteiger partial charge in [-0.1, -0.05) is 18.2 Å². The second-order valence-electron chi connectivity index (χ2n) is 6.73. The highest BCUT2D eigenvalue weighted by Crippen LogP contribution is 2.29. The van der Waals surface area contributed by atoms with E-state index in [4.69, 9.17) is 9.84 Å². The molecule has 0 saturated carbocycles.